The monoisotopic (exact) mass is 526 g/mol. The Hall–Kier alpha value is -2.98. The molecule has 37 heavy (non-hydrogen) atoms. The number of hydrogen-bond acceptors (Lipinski definition) is 9. The summed E-state index contributed by atoms with van der Waals surface area (Å²) in [6.07, 6.45) is 8.67. The molecule has 0 radical (unpaired) electrons. The predicted molar refractivity (Wildman–Crippen MR) is 151 cm³/mol. The Morgan fingerprint density at radius 2 is 1.73 bits per heavy atom. The van der Waals surface area contributed by atoms with E-state index in [-0.39, 0.29) is 11.7 Å². The van der Waals surface area contributed by atoms with Gasteiger partial charge in [0.15, 0.2) is 0 Å². The van der Waals surface area contributed by atoms with Crippen molar-refractivity contribution in [2.45, 2.75) is 39.0 Å². The van der Waals surface area contributed by atoms with E-state index in [0.29, 0.717) is 5.92 Å². The fraction of sp³-hybridized carbons (Fsp3) is 0.519. The van der Waals surface area contributed by atoms with Crippen LogP contribution in [0, 0.1) is 5.92 Å². The van der Waals surface area contributed by atoms with Crippen molar-refractivity contribution in [2.24, 2.45) is 5.92 Å². The summed E-state index contributed by atoms with van der Waals surface area (Å²) in [4.78, 5) is 18.4. The third kappa shape index (κ3) is 6.48. The highest BCUT2D eigenvalue weighted by Crippen LogP contribution is 2.37. The number of hydrogen-bond donors (Lipinski definition) is 2. The molecule has 2 N–H and O–H groups in total. The second kappa shape index (κ2) is 11.6. The number of sulfone groups is 1. The number of aromatic nitrogens is 3. The lowest BCUT2D eigenvalue weighted by atomic mass is 9.93. The van der Waals surface area contributed by atoms with Gasteiger partial charge in [0.2, 0.25) is 5.95 Å². The van der Waals surface area contributed by atoms with E-state index in [1.54, 1.807) is 6.20 Å². The van der Waals surface area contributed by atoms with Crippen LogP contribution in [0.4, 0.5) is 23.3 Å². The van der Waals surface area contributed by atoms with Crippen LogP contribution in [0.2, 0.25) is 0 Å². The van der Waals surface area contributed by atoms with Crippen molar-refractivity contribution in [3.05, 3.63) is 42.2 Å². The first-order chi connectivity index (χ1) is 17.8. The fourth-order valence-corrected chi connectivity index (χ4v) is 6.26. The molecule has 1 aromatic carbocycles. The topological polar surface area (TPSA) is 112 Å². The zero-order chi connectivity index (χ0) is 26.6. The van der Waals surface area contributed by atoms with Crippen LogP contribution in [-0.4, -0.2) is 73.8 Å². The molecule has 0 saturated carbocycles. The van der Waals surface area contributed by atoms with Gasteiger partial charge >= 0.3 is 0 Å². The van der Waals surface area contributed by atoms with E-state index in [9.17, 15) is 8.42 Å². The van der Waals surface area contributed by atoms with E-state index in [2.05, 4.69) is 52.1 Å². The van der Waals surface area contributed by atoms with Gasteiger partial charge in [0, 0.05) is 68.9 Å². The summed E-state index contributed by atoms with van der Waals surface area (Å²) in [5.41, 5.74) is 2.38. The summed E-state index contributed by atoms with van der Waals surface area (Å²) < 4.78 is 23.3. The Kier molecular flexibility index (Phi) is 8.49. The maximum atomic E-state index is 11.7. The first kappa shape index (κ1) is 27.1. The van der Waals surface area contributed by atoms with Crippen LogP contribution in [0.15, 0.2) is 36.7 Å². The van der Waals surface area contributed by atoms with E-state index < -0.39 is 9.84 Å². The zero-order valence-corrected chi connectivity index (χ0v) is 23.0. The van der Waals surface area contributed by atoms with Gasteiger partial charge in [0.1, 0.15) is 21.5 Å². The Morgan fingerprint density at radius 1 is 1.00 bits per heavy atom. The van der Waals surface area contributed by atoms with Crippen molar-refractivity contribution >= 4 is 43.9 Å². The Labute approximate surface area is 219 Å². The predicted octanol–water partition coefficient (Wildman–Crippen LogP) is 3.97. The molecule has 0 unspecified atom stereocenters. The summed E-state index contributed by atoms with van der Waals surface area (Å²) in [5.74, 6) is 3.05. The van der Waals surface area contributed by atoms with Crippen molar-refractivity contribution < 1.29 is 13.5 Å². The molecular weight excluding hydrogens is 488 g/mol. The average molecular weight is 527 g/mol. The normalized spacial score (nSPS) is 16.4. The third-order valence-electron chi connectivity index (χ3n) is 6.91. The molecule has 5 rings (SSSR count). The van der Waals surface area contributed by atoms with Gasteiger partial charge in [0.25, 0.3) is 0 Å². The molecule has 0 amide bonds. The van der Waals surface area contributed by atoms with Gasteiger partial charge in [-0.15, -0.1) is 0 Å². The number of pyridine rings is 1. The Morgan fingerprint density at radius 3 is 2.41 bits per heavy atom. The molecule has 2 fully saturated rings. The van der Waals surface area contributed by atoms with Crippen LogP contribution >= 0.6 is 0 Å². The van der Waals surface area contributed by atoms with Gasteiger partial charge in [-0.3, -0.25) is 0 Å². The van der Waals surface area contributed by atoms with Gasteiger partial charge < -0.3 is 20.2 Å². The second-order valence-corrected chi connectivity index (χ2v) is 12.4. The first-order valence-corrected chi connectivity index (χ1v) is 15.0. The molecule has 3 aromatic rings. The van der Waals surface area contributed by atoms with Crippen molar-refractivity contribution in [1.29, 1.82) is 0 Å². The highest BCUT2D eigenvalue weighted by atomic mass is 32.2. The molecule has 2 aliphatic heterocycles. The van der Waals surface area contributed by atoms with Crippen LogP contribution in [0.1, 0.15) is 44.6 Å². The number of anilines is 4. The van der Waals surface area contributed by atoms with E-state index in [1.807, 2.05) is 12.3 Å². The lowest BCUT2D eigenvalue weighted by Crippen LogP contribution is -2.49. The maximum absolute atomic E-state index is 11.7. The number of aliphatic hydroxyl groups excluding tert-OH is 1. The minimum absolute atomic E-state index is 0.186. The highest BCUT2D eigenvalue weighted by molar-refractivity contribution is 7.90. The Bertz CT molecular complexity index is 1320. The van der Waals surface area contributed by atoms with Crippen molar-refractivity contribution in [3.8, 4) is 0 Å². The first-order valence-electron chi connectivity index (χ1n) is 12.9. The zero-order valence-electron chi connectivity index (χ0n) is 22.2. The number of fused-ring (bicyclic) bond motifs is 1. The minimum atomic E-state index is -2.96. The summed E-state index contributed by atoms with van der Waals surface area (Å²) in [6, 6.07) is 8.32. The number of benzene rings is 1. The number of nitrogens with zero attached hydrogens (tertiary/aromatic N) is 5. The molecule has 10 heteroatoms. The quantitative estimate of drug-likeness (QED) is 0.472. The number of rotatable bonds is 7. The maximum Gasteiger partial charge on any atom is 0.227 e. The van der Waals surface area contributed by atoms with Crippen LogP contribution < -0.4 is 15.1 Å². The van der Waals surface area contributed by atoms with E-state index >= 15 is 0 Å². The van der Waals surface area contributed by atoms with Gasteiger partial charge in [0.05, 0.1) is 5.75 Å². The molecule has 0 bridgehead atoms. The van der Waals surface area contributed by atoms with Gasteiger partial charge in [-0.1, -0.05) is 19.9 Å². The standard InChI is InChI=1S/C26H34N6O2S.CH4O/c1-18(2)20-7-8-23(32-15-19(16-32)17-35(3,33)34)22-14-28-25(13-21(20)22)29-24-9-10-27-26(30-24)31-11-5-4-6-12-31;1-2/h7-10,13-14,18-19H,4-6,11-12,15-17H2,1-3H3,(H,27,28,29,30);2H,1H3. The largest absolute Gasteiger partial charge is 0.400 e. The summed E-state index contributed by atoms with van der Waals surface area (Å²) in [6.45, 7) is 7.90. The Balaban J connectivity index is 0.00000156. The van der Waals surface area contributed by atoms with Crippen molar-refractivity contribution in [1.82, 2.24) is 15.0 Å². The lowest BCUT2D eigenvalue weighted by molar-refractivity contribution is 0.399. The molecule has 0 aliphatic carbocycles. The smallest absolute Gasteiger partial charge is 0.227 e. The molecule has 2 aliphatic rings. The summed E-state index contributed by atoms with van der Waals surface area (Å²) in [5, 5.41) is 12.6. The van der Waals surface area contributed by atoms with Crippen LogP contribution in [-0.2, 0) is 9.84 Å². The van der Waals surface area contributed by atoms with Crippen molar-refractivity contribution in [2.75, 3.05) is 60.4 Å². The molecule has 200 valence electrons. The number of aliphatic hydroxyl groups is 1. The van der Waals surface area contributed by atoms with E-state index in [4.69, 9.17) is 15.1 Å². The van der Waals surface area contributed by atoms with E-state index in [1.165, 1.54) is 31.1 Å². The fourth-order valence-electron chi connectivity index (χ4n) is 5.19. The van der Waals surface area contributed by atoms with E-state index in [0.717, 1.165) is 67.3 Å². The van der Waals surface area contributed by atoms with Crippen LogP contribution in [0.5, 0.6) is 0 Å². The van der Waals surface area contributed by atoms with Crippen LogP contribution in [0.3, 0.4) is 0 Å². The summed E-state index contributed by atoms with van der Waals surface area (Å²) >= 11 is 0. The highest BCUT2D eigenvalue weighted by Gasteiger charge is 2.31. The molecule has 9 nitrogen and oxygen atoms in total. The van der Waals surface area contributed by atoms with Crippen molar-refractivity contribution in [3.63, 3.8) is 0 Å². The molecule has 2 aromatic heterocycles. The summed E-state index contributed by atoms with van der Waals surface area (Å²) in [7, 11) is -1.96. The SMILES string of the molecule is CC(C)c1ccc(N2CC(CS(C)(=O)=O)C2)c2cnc(Nc3ccnc(N4CCCCC4)n3)cc12.CO. The molecular formula is C27H38N6O3S. The van der Waals surface area contributed by atoms with Gasteiger partial charge in [-0.2, -0.15) is 4.98 Å². The van der Waals surface area contributed by atoms with Crippen LogP contribution in [0.25, 0.3) is 10.8 Å². The second-order valence-electron chi connectivity index (χ2n) is 10.2. The number of piperidine rings is 1. The molecule has 0 spiro atoms. The lowest BCUT2D eigenvalue weighted by Gasteiger charge is -2.41. The number of nitrogens with one attached hydrogen (secondary N) is 1. The molecule has 2 saturated heterocycles. The van der Waals surface area contributed by atoms with Gasteiger partial charge in [-0.25, -0.2) is 18.4 Å². The molecule has 0 atom stereocenters. The molecule has 4 heterocycles. The minimum Gasteiger partial charge on any atom is -0.400 e. The average Bonchev–Trinajstić information content (AvgIpc) is 2.86. The van der Waals surface area contributed by atoms with Gasteiger partial charge in [-0.05, 0) is 54.3 Å². The third-order valence-corrected chi connectivity index (χ3v) is 7.98.